The number of sulfonamides is 1. The first kappa shape index (κ1) is 18.6. The minimum absolute atomic E-state index is 0.0480. The van der Waals surface area contributed by atoms with Crippen LogP contribution in [-0.4, -0.2) is 32.7 Å². The van der Waals surface area contributed by atoms with Gasteiger partial charge in [0, 0.05) is 23.6 Å². The summed E-state index contributed by atoms with van der Waals surface area (Å²) in [5.74, 6) is -0.832. The first-order valence-electron chi connectivity index (χ1n) is 7.43. The van der Waals surface area contributed by atoms with Crippen LogP contribution in [0.2, 0.25) is 10.0 Å². The molecule has 3 rings (SSSR count). The molecule has 0 aliphatic carbocycles. The van der Waals surface area contributed by atoms with Gasteiger partial charge in [-0.05, 0) is 18.2 Å². The topological polar surface area (TPSA) is 102 Å². The summed E-state index contributed by atoms with van der Waals surface area (Å²) in [5, 5.41) is 9.55. The number of ether oxygens (including phenoxy) is 2. The molecule has 0 spiro atoms. The molecular formula is C16H13Cl2NO6S. The predicted octanol–water partition coefficient (Wildman–Crippen LogP) is 3.65. The molecule has 0 bridgehead atoms. The molecule has 2 N–H and O–H groups in total. The highest BCUT2D eigenvalue weighted by Gasteiger charge is 2.24. The van der Waals surface area contributed by atoms with Gasteiger partial charge < -0.3 is 14.6 Å². The van der Waals surface area contributed by atoms with E-state index in [1.807, 2.05) is 0 Å². The SMILES string of the molecule is O=C(O)c1cc2c(cc1NS(=O)(=O)c1cc(Cl)ccc1Cl)OCCCO2. The summed E-state index contributed by atoms with van der Waals surface area (Å²) >= 11 is 11.8. The molecule has 26 heavy (non-hydrogen) atoms. The van der Waals surface area contributed by atoms with E-state index in [1.165, 1.54) is 30.3 Å². The van der Waals surface area contributed by atoms with Crippen molar-refractivity contribution in [2.45, 2.75) is 11.3 Å². The van der Waals surface area contributed by atoms with E-state index in [0.717, 1.165) is 0 Å². The van der Waals surface area contributed by atoms with E-state index >= 15 is 0 Å². The minimum Gasteiger partial charge on any atom is -0.490 e. The van der Waals surface area contributed by atoms with Crippen molar-refractivity contribution in [1.29, 1.82) is 0 Å². The molecule has 10 heteroatoms. The number of hydrogen-bond acceptors (Lipinski definition) is 5. The van der Waals surface area contributed by atoms with Crippen LogP contribution in [0.5, 0.6) is 11.5 Å². The number of carbonyl (C=O) groups is 1. The van der Waals surface area contributed by atoms with E-state index in [9.17, 15) is 18.3 Å². The Labute approximate surface area is 159 Å². The number of anilines is 1. The monoisotopic (exact) mass is 417 g/mol. The van der Waals surface area contributed by atoms with Gasteiger partial charge in [0.1, 0.15) is 4.90 Å². The summed E-state index contributed by atoms with van der Waals surface area (Å²) in [6.07, 6.45) is 0.621. The zero-order chi connectivity index (χ0) is 18.9. The standard InChI is InChI=1S/C16H13Cl2NO6S/c17-9-2-3-11(18)15(6-9)26(22,23)19-12-8-14-13(7-10(12)16(20)21)24-4-1-5-25-14/h2-3,6-8,19H,1,4-5H2,(H,20,21). The Morgan fingerprint density at radius 1 is 1.08 bits per heavy atom. The van der Waals surface area contributed by atoms with Crippen LogP contribution < -0.4 is 14.2 Å². The first-order valence-corrected chi connectivity index (χ1v) is 9.66. The lowest BCUT2D eigenvalue weighted by Crippen LogP contribution is -2.16. The molecular weight excluding hydrogens is 405 g/mol. The normalized spacial score (nSPS) is 13.8. The maximum absolute atomic E-state index is 12.7. The van der Waals surface area contributed by atoms with E-state index in [-0.39, 0.29) is 37.7 Å². The van der Waals surface area contributed by atoms with Crippen molar-refractivity contribution < 1.29 is 27.8 Å². The lowest BCUT2D eigenvalue weighted by molar-refractivity contribution is 0.0697. The van der Waals surface area contributed by atoms with E-state index < -0.39 is 16.0 Å². The second-order valence-corrected chi connectivity index (χ2v) is 7.87. The molecule has 0 fully saturated rings. The fraction of sp³-hybridized carbons (Fsp3) is 0.188. The highest BCUT2D eigenvalue weighted by Crippen LogP contribution is 2.37. The van der Waals surface area contributed by atoms with Crippen LogP contribution >= 0.6 is 23.2 Å². The molecule has 0 amide bonds. The van der Waals surface area contributed by atoms with Crippen molar-refractivity contribution in [2.75, 3.05) is 17.9 Å². The summed E-state index contributed by atoms with van der Waals surface area (Å²) in [4.78, 5) is 11.3. The lowest BCUT2D eigenvalue weighted by atomic mass is 10.1. The molecule has 138 valence electrons. The number of rotatable bonds is 4. The fourth-order valence-electron chi connectivity index (χ4n) is 2.35. The summed E-state index contributed by atoms with van der Waals surface area (Å²) in [6.45, 7) is 0.737. The van der Waals surface area contributed by atoms with Gasteiger partial charge in [0.2, 0.25) is 0 Å². The molecule has 7 nitrogen and oxygen atoms in total. The average molecular weight is 418 g/mol. The minimum atomic E-state index is -4.18. The molecule has 0 saturated carbocycles. The Hall–Kier alpha value is -2.16. The zero-order valence-corrected chi connectivity index (χ0v) is 15.5. The molecule has 0 radical (unpaired) electrons. The third kappa shape index (κ3) is 3.82. The number of fused-ring (bicyclic) bond motifs is 1. The smallest absolute Gasteiger partial charge is 0.337 e. The van der Waals surface area contributed by atoms with Crippen molar-refractivity contribution in [3.8, 4) is 11.5 Å². The van der Waals surface area contributed by atoms with Gasteiger partial charge in [-0.15, -0.1) is 0 Å². The van der Waals surface area contributed by atoms with Crippen molar-refractivity contribution in [1.82, 2.24) is 0 Å². The van der Waals surface area contributed by atoms with Crippen LogP contribution in [0.3, 0.4) is 0 Å². The van der Waals surface area contributed by atoms with E-state index in [2.05, 4.69) is 4.72 Å². The second kappa shape index (κ2) is 7.22. The predicted molar refractivity (Wildman–Crippen MR) is 96.3 cm³/mol. The van der Waals surface area contributed by atoms with Crippen molar-refractivity contribution in [3.05, 3.63) is 45.9 Å². The largest absolute Gasteiger partial charge is 0.490 e. The van der Waals surface area contributed by atoms with Crippen molar-refractivity contribution in [2.24, 2.45) is 0 Å². The highest BCUT2D eigenvalue weighted by molar-refractivity contribution is 7.92. The number of aromatic carboxylic acids is 1. The van der Waals surface area contributed by atoms with Crippen LogP contribution in [0.1, 0.15) is 16.8 Å². The van der Waals surface area contributed by atoms with E-state index in [0.29, 0.717) is 19.6 Å². The molecule has 0 aromatic heterocycles. The van der Waals surface area contributed by atoms with Gasteiger partial charge in [0.15, 0.2) is 11.5 Å². The molecule has 2 aromatic carbocycles. The highest BCUT2D eigenvalue weighted by atomic mass is 35.5. The molecule has 2 aromatic rings. The Morgan fingerprint density at radius 3 is 2.38 bits per heavy atom. The van der Waals surface area contributed by atoms with Crippen molar-refractivity contribution >= 4 is 44.9 Å². The van der Waals surface area contributed by atoms with E-state index in [4.69, 9.17) is 32.7 Å². The summed E-state index contributed by atoms with van der Waals surface area (Å²) in [7, 11) is -4.18. The van der Waals surface area contributed by atoms with Crippen LogP contribution in [-0.2, 0) is 10.0 Å². The number of carboxylic acid groups (broad SMARTS) is 1. The molecule has 1 heterocycles. The molecule has 0 saturated heterocycles. The average Bonchev–Trinajstić information content (AvgIpc) is 2.80. The number of hydrogen-bond donors (Lipinski definition) is 2. The molecule has 1 aliphatic heterocycles. The Bertz CT molecular complexity index is 977. The maximum atomic E-state index is 12.7. The van der Waals surface area contributed by atoms with Crippen LogP contribution in [0.15, 0.2) is 35.2 Å². The molecule has 0 unspecified atom stereocenters. The van der Waals surface area contributed by atoms with Gasteiger partial charge in [0.05, 0.1) is 29.5 Å². The van der Waals surface area contributed by atoms with Crippen LogP contribution in [0.25, 0.3) is 0 Å². The van der Waals surface area contributed by atoms with Gasteiger partial charge >= 0.3 is 5.97 Å². The van der Waals surface area contributed by atoms with Gasteiger partial charge in [-0.1, -0.05) is 23.2 Å². The number of benzene rings is 2. The van der Waals surface area contributed by atoms with Gasteiger partial charge in [-0.25, -0.2) is 13.2 Å². The fourth-order valence-corrected chi connectivity index (χ4v) is 4.19. The molecule has 1 aliphatic rings. The zero-order valence-electron chi connectivity index (χ0n) is 13.2. The number of halogens is 2. The Morgan fingerprint density at radius 2 is 1.73 bits per heavy atom. The maximum Gasteiger partial charge on any atom is 0.337 e. The van der Waals surface area contributed by atoms with Gasteiger partial charge in [-0.3, -0.25) is 4.72 Å². The summed E-state index contributed by atoms with van der Waals surface area (Å²) in [5.41, 5.74) is -0.450. The quantitative estimate of drug-likeness (QED) is 0.786. The van der Waals surface area contributed by atoms with Crippen molar-refractivity contribution in [3.63, 3.8) is 0 Å². The van der Waals surface area contributed by atoms with Crippen LogP contribution in [0.4, 0.5) is 5.69 Å². The summed E-state index contributed by atoms with van der Waals surface area (Å²) < 4.78 is 38.5. The van der Waals surface area contributed by atoms with Gasteiger partial charge in [-0.2, -0.15) is 0 Å². The Balaban J connectivity index is 2.07. The molecule has 0 atom stereocenters. The lowest BCUT2D eigenvalue weighted by Gasteiger charge is -2.15. The second-order valence-electron chi connectivity index (χ2n) is 5.38. The summed E-state index contributed by atoms with van der Waals surface area (Å²) in [6, 6.07) is 6.46. The third-order valence-electron chi connectivity index (χ3n) is 3.55. The van der Waals surface area contributed by atoms with Crippen LogP contribution in [0, 0.1) is 0 Å². The van der Waals surface area contributed by atoms with E-state index in [1.54, 1.807) is 0 Å². The first-order chi connectivity index (χ1) is 12.3. The third-order valence-corrected chi connectivity index (χ3v) is 5.63. The number of carboxylic acids is 1. The number of nitrogens with one attached hydrogen (secondary N) is 1. The van der Waals surface area contributed by atoms with Gasteiger partial charge in [0.25, 0.3) is 10.0 Å². The Kier molecular flexibility index (Phi) is 5.17.